The molecule has 0 amide bonds. The van der Waals surface area contributed by atoms with Crippen molar-refractivity contribution in [2.75, 3.05) is 7.11 Å². The summed E-state index contributed by atoms with van der Waals surface area (Å²) in [6.45, 7) is 1.99. The topological polar surface area (TPSA) is 22.1 Å². The van der Waals surface area contributed by atoms with Gasteiger partial charge in [-0.05, 0) is 24.6 Å². The molecule has 0 aliphatic heterocycles. The number of aromatic nitrogens is 1. The second kappa shape index (κ2) is 5.66. The number of hydrogen-bond donors (Lipinski definition) is 0. The van der Waals surface area contributed by atoms with Gasteiger partial charge in [-0.3, -0.25) is 0 Å². The number of pyridine rings is 1. The molecule has 0 saturated carbocycles. The van der Waals surface area contributed by atoms with Crippen molar-refractivity contribution in [1.82, 2.24) is 4.98 Å². The normalized spacial score (nSPS) is 10.9. The fourth-order valence-electron chi connectivity index (χ4n) is 2.40. The predicted molar refractivity (Wildman–Crippen MR) is 91.2 cm³/mol. The van der Waals surface area contributed by atoms with Crippen molar-refractivity contribution in [1.29, 1.82) is 0 Å². The summed E-state index contributed by atoms with van der Waals surface area (Å²) in [5.74, 6) is 0.715. The van der Waals surface area contributed by atoms with Gasteiger partial charge in [0.1, 0.15) is 11.3 Å². The number of methoxy groups -OCH3 is 1. The lowest BCUT2D eigenvalue weighted by molar-refractivity contribution is 0.419. The van der Waals surface area contributed by atoms with E-state index in [1.54, 1.807) is 7.11 Å². The zero-order valence-electron chi connectivity index (χ0n) is 11.7. The molecule has 3 aromatic rings. The largest absolute Gasteiger partial charge is 0.494 e. The molecule has 21 heavy (non-hydrogen) atoms. The van der Waals surface area contributed by atoms with Crippen LogP contribution in [-0.2, 0) is 0 Å². The van der Waals surface area contributed by atoms with Crippen molar-refractivity contribution >= 4 is 38.4 Å². The van der Waals surface area contributed by atoms with Crippen LogP contribution in [0.2, 0.25) is 5.02 Å². The Kier molecular flexibility index (Phi) is 3.87. The van der Waals surface area contributed by atoms with E-state index >= 15 is 0 Å². The molecule has 0 N–H and O–H groups in total. The molecule has 0 unspecified atom stereocenters. The van der Waals surface area contributed by atoms with Crippen molar-refractivity contribution in [2.24, 2.45) is 0 Å². The summed E-state index contributed by atoms with van der Waals surface area (Å²) in [6.07, 6.45) is 0. The molecule has 0 spiro atoms. The van der Waals surface area contributed by atoms with Crippen LogP contribution in [0.25, 0.3) is 22.2 Å². The third-order valence-corrected chi connectivity index (χ3v) is 4.62. The third-order valence-electron chi connectivity index (χ3n) is 3.48. The average Bonchev–Trinajstić information content (AvgIpc) is 2.51. The zero-order valence-corrected chi connectivity index (χ0v) is 14.0. The van der Waals surface area contributed by atoms with Crippen LogP contribution in [0.15, 0.2) is 46.9 Å². The van der Waals surface area contributed by atoms with Crippen LogP contribution in [0.5, 0.6) is 5.75 Å². The van der Waals surface area contributed by atoms with E-state index in [4.69, 9.17) is 21.3 Å². The van der Waals surface area contributed by atoms with Crippen molar-refractivity contribution in [3.63, 3.8) is 0 Å². The van der Waals surface area contributed by atoms with E-state index < -0.39 is 0 Å². The molecule has 0 aliphatic carbocycles. The Balaban J connectivity index is 2.41. The summed E-state index contributed by atoms with van der Waals surface area (Å²) in [5.41, 5.74) is 3.65. The van der Waals surface area contributed by atoms with Crippen molar-refractivity contribution < 1.29 is 4.74 Å². The van der Waals surface area contributed by atoms with Gasteiger partial charge in [-0.1, -0.05) is 57.9 Å². The van der Waals surface area contributed by atoms with Crippen LogP contribution in [0, 0.1) is 6.92 Å². The Morgan fingerprint density at radius 1 is 1.10 bits per heavy atom. The smallest absolute Gasteiger partial charge is 0.145 e. The average molecular weight is 363 g/mol. The minimum Gasteiger partial charge on any atom is -0.494 e. The number of benzene rings is 2. The Morgan fingerprint density at radius 2 is 1.81 bits per heavy atom. The van der Waals surface area contributed by atoms with Gasteiger partial charge in [0.05, 0.1) is 17.8 Å². The monoisotopic (exact) mass is 361 g/mol. The summed E-state index contributed by atoms with van der Waals surface area (Å²) in [6, 6.07) is 13.8. The maximum atomic E-state index is 6.59. The van der Waals surface area contributed by atoms with E-state index in [1.165, 1.54) is 0 Å². The number of nitrogens with zero attached hydrogens (tertiary/aromatic N) is 1. The molecule has 0 radical (unpaired) electrons. The van der Waals surface area contributed by atoms with E-state index in [0.717, 1.165) is 32.2 Å². The number of ether oxygens (including phenoxy) is 1. The maximum Gasteiger partial charge on any atom is 0.145 e. The Hall–Kier alpha value is -1.58. The number of hydrogen-bond acceptors (Lipinski definition) is 2. The molecule has 0 aliphatic rings. The van der Waals surface area contributed by atoms with E-state index in [0.29, 0.717) is 10.8 Å². The minimum absolute atomic E-state index is 0.699. The summed E-state index contributed by atoms with van der Waals surface area (Å²) < 4.78 is 6.34. The van der Waals surface area contributed by atoms with Crippen molar-refractivity contribution in [3.05, 3.63) is 57.5 Å². The van der Waals surface area contributed by atoms with Gasteiger partial charge in [0.25, 0.3) is 0 Å². The standard InChI is InChI=1S/C17H13BrClNO/c1-10-15(19)14-12(18)8-9-13(21-2)17(14)20-16(10)11-6-4-3-5-7-11/h3-9H,1-2H3. The first-order valence-corrected chi connectivity index (χ1v) is 7.68. The van der Waals surface area contributed by atoms with Crippen LogP contribution in [0.4, 0.5) is 0 Å². The van der Waals surface area contributed by atoms with E-state index in [1.807, 2.05) is 49.4 Å². The molecule has 3 rings (SSSR count). The highest BCUT2D eigenvalue weighted by Crippen LogP contribution is 2.40. The van der Waals surface area contributed by atoms with Crippen molar-refractivity contribution in [3.8, 4) is 17.0 Å². The quantitative estimate of drug-likeness (QED) is 0.589. The first-order chi connectivity index (χ1) is 10.1. The summed E-state index contributed by atoms with van der Waals surface area (Å²) in [5, 5.41) is 1.58. The number of halogens is 2. The Morgan fingerprint density at radius 3 is 2.48 bits per heavy atom. The number of fused-ring (bicyclic) bond motifs is 1. The summed E-state index contributed by atoms with van der Waals surface area (Å²) in [4.78, 5) is 4.80. The predicted octanol–water partition coefficient (Wildman–Crippen LogP) is 5.63. The van der Waals surface area contributed by atoms with Gasteiger partial charge in [0.2, 0.25) is 0 Å². The molecule has 1 heterocycles. The minimum atomic E-state index is 0.699. The molecule has 0 bridgehead atoms. The molecule has 0 saturated heterocycles. The highest BCUT2D eigenvalue weighted by atomic mass is 79.9. The second-order valence-corrected chi connectivity index (χ2v) is 5.97. The van der Waals surface area contributed by atoms with E-state index in [2.05, 4.69) is 15.9 Å². The second-order valence-electron chi connectivity index (χ2n) is 4.74. The highest BCUT2D eigenvalue weighted by molar-refractivity contribution is 9.10. The molecule has 1 aromatic heterocycles. The number of rotatable bonds is 2. The molecule has 4 heteroatoms. The first kappa shape index (κ1) is 14.4. The molecule has 2 nitrogen and oxygen atoms in total. The summed E-state index contributed by atoms with van der Waals surface area (Å²) in [7, 11) is 1.64. The van der Waals surface area contributed by atoms with Gasteiger partial charge < -0.3 is 4.74 Å². The third kappa shape index (κ3) is 2.41. The molecule has 2 aromatic carbocycles. The summed E-state index contributed by atoms with van der Waals surface area (Å²) >= 11 is 10.1. The lowest BCUT2D eigenvalue weighted by Crippen LogP contribution is -1.95. The maximum absolute atomic E-state index is 6.59. The molecule has 0 atom stereocenters. The van der Waals surface area contributed by atoms with Crippen molar-refractivity contribution in [2.45, 2.75) is 6.92 Å². The molecule has 106 valence electrons. The van der Waals surface area contributed by atoms with Crippen LogP contribution in [-0.4, -0.2) is 12.1 Å². The zero-order chi connectivity index (χ0) is 15.0. The van der Waals surface area contributed by atoms with E-state index in [-0.39, 0.29) is 0 Å². The van der Waals surface area contributed by atoms with Crippen LogP contribution >= 0.6 is 27.5 Å². The lowest BCUT2D eigenvalue weighted by Gasteiger charge is -2.13. The van der Waals surface area contributed by atoms with E-state index in [9.17, 15) is 0 Å². The first-order valence-electron chi connectivity index (χ1n) is 6.51. The molecular weight excluding hydrogens is 350 g/mol. The lowest BCUT2D eigenvalue weighted by atomic mass is 10.0. The van der Waals surface area contributed by atoms with Gasteiger partial charge in [-0.15, -0.1) is 0 Å². The van der Waals surface area contributed by atoms with Crippen LogP contribution in [0.1, 0.15) is 5.56 Å². The highest BCUT2D eigenvalue weighted by Gasteiger charge is 2.16. The molecule has 0 fully saturated rings. The van der Waals surface area contributed by atoms with Gasteiger partial charge in [-0.25, -0.2) is 4.98 Å². The van der Waals surface area contributed by atoms with Gasteiger partial charge in [-0.2, -0.15) is 0 Å². The fourth-order valence-corrected chi connectivity index (χ4v) is 3.31. The van der Waals surface area contributed by atoms with Crippen LogP contribution in [0.3, 0.4) is 0 Å². The Labute approximate surface area is 136 Å². The van der Waals surface area contributed by atoms with Crippen LogP contribution < -0.4 is 4.74 Å². The SMILES string of the molecule is COc1ccc(Br)c2c(Cl)c(C)c(-c3ccccc3)nc12. The van der Waals surface area contributed by atoms with Gasteiger partial charge in [0, 0.05) is 15.4 Å². The van der Waals surface area contributed by atoms with Gasteiger partial charge >= 0.3 is 0 Å². The van der Waals surface area contributed by atoms with Gasteiger partial charge in [0.15, 0.2) is 0 Å². The fraction of sp³-hybridized carbons (Fsp3) is 0.118. The Bertz CT molecular complexity index is 818. The molecular formula is C17H13BrClNO.